The van der Waals surface area contributed by atoms with Crippen LogP contribution in [-0.4, -0.2) is 29.9 Å². The summed E-state index contributed by atoms with van der Waals surface area (Å²) < 4.78 is 13.3. The SMILES string of the molecule is Cc1ccccc1CN1CCCN(c2ccc(C(=O)Nc3cccc(F)c3)cc2)C1=O. The zero-order chi connectivity index (χ0) is 21.8. The Morgan fingerprint density at radius 1 is 1.00 bits per heavy atom. The molecule has 1 fully saturated rings. The lowest BCUT2D eigenvalue weighted by Gasteiger charge is -2.36. The highest BCUT2D eigenvalue weighted by Crippen LogP contribution is 2.23. The first kappa shape index (κ1) is 20.6. The number of nitrogens with one attached hydrogen (secondary N) is 1. The zero-order valence-corrected chi connectivity index (χ0v) is 17.3. The van der Waals surface area contributed by atoms with Gasteiger partial charge in [0.05, 0.1) is 0 Å². The minimum atomic E-state index is -0.410. The minimum Gasteiger partial charge on any atom is -0.322 e. The van der Waals surface area contributed by atoms with E-state index in [4.69, 9.17) is 0 Å². The smallest absolute Gasteiger partial charge is 0.322 e. The maximum absolute atomic E-state index is 13.3. The molecule has 3 aromatic carbocycles. The molecule has 5 nitrogen and oxygen atoms in total. The summed E-state index contributed by atoms with van der Waals surface area (Å²) >= 11 is 0. The number of carbonyl (C=O) groups is 2. The average Bonchev–Trinajstić information content (AvgIpc) is 2.77. The van der Waals surface area contributed by atoms with E-state index in [2.05, 4.69) is 18.3 Å². The first-order chi connectivity index (χ1) is 15.0. The summed E-state index contributed by atoms with van der Waals surface area (Å²) in [4.78, 5) is 29.1. The summed E-state index contributed by atoms with van der Waals surface area (Å²) in [7, 11) is 0. The number of amides is 3. The summed E-state index contributed by atoms with van der Waals surface area (Å²) in [5, 5.41) is 2.68. The number of rotatable bonds is 5. The van der Waals surface area contributed by atoms with E-state index < -0.39 is 5.82 Å². The predicted octanol–water partition coefficient (Wildman–Crippen LogP) is 5.22. The van der Waals surface area contributed by atoms with Crippen LogP contribution < -0.4 is 10.2 Å². The largest absolute Gasteiger partial charge is 0.324 e. The molecule has 0 bridgehead atoms. The number of benzene rings is 3. The minimum absolute atomic E-state index is 0.0357. The van der Waals surface area contributed by atoms with Crippen molar-refractivity contribution in [3.63, 3.8) is 0 Å². The molecule has 4 rings (SSSR count). The fraction of sp³-hybridized carbons (Fsp3) is 0.200. The van der Waals surface area contributed by atoms with Crippen molar-refractivity contribution < 1.29 is 14.0 Å². The number of hydrogen-bond donors (Lipinski definition) is 1. The highest BCUT2D eigenvalue weighted by atomic mass is 19.1. The molecule has 158 valence electrons. The molecule has 31 heavy (non-hydrogen) atoms. The maximum atomic E-state index is 13.3. The van der Waals surface area contributed by atoms with E-state index in [0.29, 0.717) is 24.3 Å². The van der Waals surface area contributed by atoms with Gasteiger partial charge in [0.1, 0.15) is 5.82 Å². The van der Waals surface area contributed by atoms with Crippen LogP contribution in [0.15, 0.2) is 72.8 Å². The van der Waals surface area contributed by atoms with Crippen molar-refractivity contribution in [2.24, 2.45) is 0 Å². The number of urea groups is 1. The van der Waals surface area contributed by atoms with E-state index in [1.54, 1.807) is 41.3 Å². The molecule has 0 radical (unpaired) electrons. The third-order valence-corrected chi connectivity index (χ3v) is 5.46. The number of hydrogen-bond acceptors (Lipinski definition) is 2. The molecule has 1 heterocycles. The number of aryl methyl sites for hydroxylation is 1. The first-order valence-corrected chi connectivity index (χ1v) is 10.3. The third kappa shape index (κ3) is 4.74. The van der Waals surface area contributed by atoms with Gasteiger partial charge in [0.2, 0.25) is 0 Å². The van der Waals surface area contributed by atoms with Crippen molar-refractivity contribution in [3.05, 3.63) is 95.3 Å². The molecule has 0 aromatic heterocycles. The molecule has 1 N–H and O–H groups in total. The Morgan fingerprint density at radius 3 is 2.52 bits per heavy atom. The molecule has 3 aromatic rings. The van der Waals surface area contributed by atoms with Gasteiger partial charge in [-0.05, 0) is 66.9 Å². The Bertz CT molecular complexity index is 1100. The van der Waals surface area contributed by atoms with Crippen molar-refractivity contribution in [1.82, 2.24) is 4.90 Å². The quantitative estimate of drug-likeness (QED) is 0.619. The standard InChI is InChI=1S/C25H24FN3O2/c1-18-6-2-3-7-20(18)17-28-14-5-15-29(25(28)31)23-12-10-19(11-13-23)24(30)27-22-9-4-8-21(26)16-22/h2-4,6-13,16H,5,14-15,17H2,1H3,(H,27,30). The molecule has 0 atom stereocenters. The molecule has 3 amide bonds. The molecular weight excluding hydrogens is 393 g/mol. The van der Waals surface area contributed by atoms with Gasteiger partial charge in [-0.25, -0.2) is 9.18 Å². The molecule has 1 saturated heterocycles. The second kappa shape index (κ2) is 9.00. The highest BCUT2D eigenvalue weighted by Gasteiger charge is 2.27. The molecule has 0 spiro atoms. The van der Waals surface area contributed by atoms with Gasteiger partial charge >= 0.3 is 6.03 Å². The summed E-state index contributed by atoms with van der Waals surface area (Å²) in [6.07, 6.45) is 0.874. The number of anilines is 2. The summed E-state index contributed by atoms with van der Waals surface area (Å²) in [5.41, 5.74) is 3.89. The highest BCUT2D eigenvalue weighted by molar-refractivity contribution is 6.04. The van der Waals surface area contributed by atoms with Crippen LogP contribution in [0.4, 0.5) is 20.6 Å². The Hall–Kier alpha value is -3.67. The van der Waals surface area contributed by atoms with Crippen molar-refractivity contribution in [1.29, 1.82) is 0 Å². The van der Waals surface area contributed by atoms with Gasteiger partial charge in [-0.1, -0.05) is 30.3 Å². The lowest BCUT2D eigenvalue weighted by molar-refractivity contribution is 0.102. The molecule has 1 aliphatic rings. The Labute approximate surface area is 181 Å². The van der Waals surface area contributed by atoms with Crippen LogP contribution in [0, 0.1) is 12.7 Å². The van der Waals surface area contributed by atoms with Crippen molar-refractivity contribution in [3.8, 4) is 0 Å². The summed E-state index contributed by atoms with van der Waals surface area (Å²) in [6, 6.07) is 20.7. The second-order valence-electron chi connectivity index (χ2n) is 7.65. The number of nitrogens with zero attached hydrogens (tertiary/aromatic N) is 2. The van der Waals surface area contributed by atoms with Gasteiger partial charge in [-0.3, -0.25) is 9.69 Å². The predicted molar refractivity (Wildman–Crippen MR) is 120 cm³/mol. The van der Waals surface area contributed by atoms with Gasteiger partial charge in [-0.2, -0.15) is 0 Å². The maximum Gasteiger partial charge on any atom is 0.324 e. The third-order valence-electron chi connectivity index (χ3n) is 5.46. The fourth-order valence-corrected chi connectivity index (χ4v) is 3.72. The van der Waals surface area contributed by atoms with Gasteiger partial charge in [-0.15, -0.1) is 0 Å². The van der Waals surface area contributed by atoms with Crippen molar-refractivity contribution in [2.45, 2.75) is 19.9 Å². The zero-order valence-electron chi connectivity index (χ0n) is 17.3. The van der Waals surface area contributed by atoms with Gasteiger partial charge < -0.3 is 10.2 Å². The normalized spacial score (nSPS) is 13.9. The molecule has 0 aliphatic carbocycles. The molecule has 1 aliphatic heterocycles. The van der Waals surface area contributed by atoms with E-state index in [1.807, 2.05) is 23.1 Å². The van der Waals surface area contributed by atoms with E-state index in [0.717, 1.165) is 24.2 Å². The molecule has 0 saturated carbocycles. The lowest BCUT2D eigenvalue weighted by atomic mass is 10.1. The Morgan fingerprint density at radius 2 is 1.77 bits per heavy atom. The Balaban J connectivity index is 1.45. The van der Waals surface area contributed by atoms with Crippen LogP contribution in [0.3, 0.4) is 0 Å². The first-order valence-electron chi connectivity index (χ1n) is 10.3. The Kier molecular flexibility index (Phi) is 5.98. The van der Waals surface area contributed by atoms with Crippen LogP contribution in [-0.2, 0) is 6.54 Å². The fourth-order valence-electron chi connectivity index (χ4n) is 3.72. The van der Waals surface area contributed by atoms with Crippen LogP contribution >= 0.6 is 0 Å². The van der Waals surface area contributed by atoms with E-state index in [1.165, 1.54) is 17.7 Å². The lowest BCUT2D eigenvalue weighted by Crippen LogP contribution is -2.49. The van der Waals surface area contributed by atoms with Crippen molar-refractivity contribution >= 4 is 23.3 Å². The van der Waals surface area contributed by atoms with Crippen LogP contribution in [0.2, 0.25) is 0 Å². The van der Waals surface area contributed by atoms with Gasteiger partial charge in [0.25, 0.3) is 5.91 Å². The second-order valence-corrected chi connectivity index (χ2v) is 7.65. The summed E-state index contributed by atoms with van der Waals surface area (Å²) in [6.45, 7) is 3.99. The molecular formula is C25H24FN3O2. The van der Waals surface area contributed by atoms with Gasteiger partial charge in [0.15, 0.2) is 0 Å². The number of halogens is 1. The molecule has 6 heteroatoms. The van der Waals surface area contributed by atoms with Gasteiger partial charge in [0, 0.05) is 36.6 Å². The van der Waals surface area contributed by atoms with Crippen LogP contribution in [0.25, 0.3) is 0 Å². The molecule has 0 unspecified atom stereocenters. The van der Waals surface area contributed by atoms with Crippen LogP contribution in [0.5, 0.6) is 0 Å². The van der Waals surface area contributed by atoms with E-state index in [9.17, 15) is 14.0 Å². The van der Waals surface area contributed by atoms with E-state index in [-0.39, 0.29) is 11.9 Å². The average molecular weight is 417 g/mol. The topological polar surface area (TPSA) is 52.6 Å². The van der Waals surface area contributed by atoms with Crippen LogP contribution in [0.1, 0.15) is 27.9 Å². The monoisotopic (exact) mass is 417 g/mol. The number of carbonyl (C=O) groups excluding carboxylic acids is 2. The van der Waals surface area contributed by atoms with Crippen molar-refractivity contribution in [2.75, 3.05) is 23.3 Å². The van der Waals surface area contributed by atoms with E-state index >= 15 is 0 Å². The summed E-state index contributed by atoms with van der Waals surface area (Å²) in [5.74, 6) is -0.740.